The molecule has 1 fully saturated rings. The van der Waals surface area contributed by atoms with Crippen LogP contribution in [-0.4, -0.2) is 52.2 Å². The summed E-state index contributed by atoms with van der Waals surface area (Å²) < 4.78 is 0. The van der Waals surface area contributed by atoms with Gasteiger partial charge in [-0.2, -0.15) is 0 Å². The summed E-state index contributed by atoms with van der Waals surface area (Å²) in [5, 5.41) is 20.1. The number of amides is 2. The number of nitrogens with one attached hydrogen (secondary N) is 1. The Kier molecular flexibility index (Phi) is 5.99. The first kappa shape index (κ1) is 17.3. The smallest absolute Gasteiger partial charge is 0.326 e. The van der Waals surface area contributed by atoms with Crippen molar-refractivity contribution in [3.05, 3.63) is 0 Å². The number of carbonyl (C=O) groups is 3. The highest BCUT2D eigenvalue weighted by molar-refractivity contribution is 5.83. The first-order valence-corrected chi connectivity index (χ1v) is 7.33. The number of aliphatic carboxylic acids is 2. The van der Waals surface area contributed by atoms with E-state index in [2.05, 4.69) is 19.2 Å². The molecule has 1 atom stereocenters. The van der Waals surface area contributed by atoms with E-state index in [1.165, 1.54) is 0 Å². The van der Waals surface area contributed by atoms with E-state index in [0.717, 1.165) is 19.3 Å². The van der Waals surface area contributed by atoms with Gasteiger partial charge in [0.15, 0.2) is 0 Å². The second-order valence-electron chi connectivity index (χ2n) is 5.65. The molecule has 0 aromatic rings. The van der Waals surface area contributed by atoms with Gasteiger partial charge in [0.1, 0.15) is 6.04 Å². The third-order valence-corrected chi connectivity index (χ3v) is 4.47. The Morgan fingerprint density at radius 3 is 2.29 bits per heavy atom. The average Bonchev–Trinajstić information content (AvgIpc) is 2.88. The van der Waals surface area contributed by atoms with Crippen molar-refractivity contribution in [3.8, 4) is 0 Å². The lowest BCUT2D eigenvalue weighted by atomic mass is 9.82. The number of nitrogens with zero attached hydrogens (tertiary/aromatic N) is 1. The lowest BCUT2D eigenvalue weighted by molar-refractivity contribution is -0.140. The maximum Gasteiger partial charge on any atom is 0.326 e. The van der Waals surface area contributed by atoms with Gasteiger partial charge >= 0.3 is 18.0 Å². The van der Waals surface area contributed by atoms with E-state index in [1.54, 1.807) is 4.90 Å². The SMILES string of the molecule is CCC1(CC)CCN(C(=O)N[C@@H](CCC(=O)O)C(=O)O)C1. The molecule has 1 aliphatic heterocycles. The summed E-state index contributed by atoms with van der Waals surface area (Å²) in [6.45, 7) is 5.42. The number of likely N-dealkylation sites (tertiary alicyclic amines) is 1. The van der Waals surface area contributed by atoms with Gasteiger partial charge in [-0.1, -0.05) is 13.8 Å². The molecule has 1 saturated heterocycles. The van der Waals surface area contributed by atoms with Gasteiger partial charge in [0, 0.05) is 19.5 Å². The van der Waals surface area contributed by atoms with Crippen molar-refractivity contribution >= 4 is 18.0 Å². The van der Waals surface area contributed by atoms with Crippen molar-refractivity contribution in [3.63, 3.8) is 0 Å². The highest BCUT2D eigenvalue weighted by Crippen LogP contribution is 2.36. The molecule has 0 radical (unpaired) electrons. The van der Waals surface area contributed by atoms with Crippen LogP contribution in [0.1, 0.15) is 46.0 Å². The highest BCUT2D eigenvalue weighted by atomic mass is 16.4. The molecule has 7 heteroatoms. The molecule has 3 N–H and O–H groups in total. The van der Waals surface area contributed by atoms with Crippen LogP contribution in [-0.2, 0) is 9.59 Å². The number of carboxylic acids is 2. The molecule has 120 valence electrons. The molecule has 7 nitrogen and oxygen atoms in total. The summed E-state index contributed by atoms with van der Waals surface area (Å²) in [6, 6.07) is -1.58. The molecule has 21 heavy (non-hydrogen) atoms. The van der Waals surface area contributed by atoms with Gasteiger partial charge in [-0.05, 0) is 31.1 Å². The second kappa shape index (κ2) is 7.28. The minimum Gasteiger partial charge on any atom is -0.481 e. The van der Waals surface area contributed by atoms with Gasteiger partial charge in [0.05, 0.1) is 0 Å². The van der Waals surface area contributed by atoms with Gasteiger partial charge < -0.3 is 20.4 Å². The summed E-state index contributed by atoms with van der Waals surface area (Å²) >= 11 is 0. The Morgan fingerprint density at radius 2 is 1.86 bits per heavy atom. The molecule has 1 rings (SSSR count). The Hall–Kier alpha value is -1.79. The maximum atomic E-state index is 12.1. The van der Waals surface area contributed by atoms with Gasteiger partial charge in [0.25, 0.3) is 0 Å². The van der Waals surface area contributed by atoms with Crippen molar-refractivity contribution < 1.29 is 24.6 Å². The van der Waals surface area contributed by atoms with Gasteiger partial charge in [-0.25, -0.2) is 9.59 Å². The molecule has 1 aliphatic rings. The first-order valence-electron chi connectivity index (χ1n) is 7.33. The van der Waals surface area contributed by atoms with Gasteiger partial charge in [-0.15, -0.1) is 0 Å². The van der Waals surface area contributed by atoms with E-state index < -0.39 is 24.0 Å². The number of hydrogen-bond acceptors (Lipinski definition) is 3. The minimum atomic E-state index is -1.21. The first-order chi connectivity index (χ1) is 9.83. The van der Waals surface area contributed by atoms with E-state index in [1.807, 2.05) is 0 Å². The van der Waals surface area contributed by atoms with E-state index in [0.29, 0.717) is 13.1 Å². The standard InChI is InChI=1S/C14H24N2O5/c1-3-14(4-2)7-8-16(9-14)13(21)15-10(12(19)20)5-6-11(17)18/h10H,3-9H2,1-2H3,(H,15,21)(H,17,18)(H,19,20)/t10-/m0/s1. The van der Waals surface area contributed by atoms with Crippen LogP contribution in [0.25, 0.3) is 0 Å². The van der Waals surface area contributed by atoms with Crippen molar-refractivity contribution in [1.29, 1.82) is 0 Å². The maximum absolute atomic E-state index is 12.1. The lowest BCUT2D eigenvalue weighted by Crippen LogP contribution is -2.47. The zero-order valence-corrected chi connectivity index (χ0v) is 12.6. The molecule has 1 heterocycles. The zero-order chi connectivity index (χ0) is 16.0. The lowest BCUT2D eigenvalue weighted by Gasteiger charge is -2.27. The summed E-state index contributed by atoms with van der Waals surface area (Å²) in [7, 11) is 0. The Bertz CT molecular complexity index is 406. The van der Waals surface area contributed by atoms with Crippen LogP contribution in [0.4, 0.5) is 4.79 Å². The number of urea groups is 1. The van der Waals surface area contributed by atoms with Gasteiger partial charge in [-0.3, -0.25) is 4.79 Å². The summed E-state index contributed by atoms with van der Waals surface area (Å²) in [4.78, 5) is 35.3. The van der Waals surface area contributed by atoms with E-state index in [-0.39, 0.29) is 18.3 Å². The van der Waals surface area contributed by atoms with E-state index in [4.69, 9.17) is 10.2 Å². The van der Waals surface area contributed by atoms with Crippen molar-refractivity contribution in [2.24, 2.45) is 5.41 Å². The Balaban J connectivity index is 2.58. The van der Waals surface area contributed by atoms with Crippen LogP contribution in [0.3, 0.4) is 0 Å². The number of rotatable bonds is 7. The Morgan fingerprint density at radius 1 is 1.24 bits per heavy atom. The number of carboxylic acid groups (broad SMARTS) is 2. The largest absolute Gasteiger partial charge is 0.481 e. The molecule has 0 saturated carbocycles. The van der Waals surface area contributed by atoms with Crippen LogP contribution in [0.5, 0.6) is 0 Å². The topological polar surface area (TPSA) is 107 Å². The second-order valence-corrected chi connectivity index (χ2v) is 5.65. The molecule has 0 aliphatic carbocycles. The molecular weight excluding hydrogens is 276 g/mol. The summed E-state index contributed by atoms with van der Waals surface area (Å²) in [5.74, 6) is -2.28. The predicted molar refractivity (Wildman–Crippen MR) is 76.0 cm³/mol. The fraction of sp³-hybridized carbons (Fsp3) is 0.786. The monoisotopic (exact) mass is 300 g/mol. The van der Waals surface area contributed by atoms with Crippen molar-refractivity contribution in [2.45, 2.75) is 52.0 Å². The molecule has 0 unspecified atom stereocenters. The van der Waals surface area contributed by atoms with Crippen LogP contribution in [0.15, 0.2) is 0 Å². The average molecular weight is 300 g/mol. The number of carbonyl (C=O) groups excluding carboxylic acids is 1. The van der Waals surface area contributed by atoms with E-state index in [9.17, 15) is 14.4 Å². The molecule has 0 aromatic heterocycles. The normalized spacial score (nSPS) is 18.3. The summed E-state index contributed by atoms with van der Waals surface area (Å²) in [6.07, 6.45) is 2.48. The highest BCUT2D eigenvalue weighted by Gasteiger charge is 2.37. The van der Waals surface area contributed by atoms with Crippen molar-refractivity contribution in [2.75, 3.05) is 13.1 Å². The minimum absolute atomic E-state index is 0.114. The molecule has 0 spiro atoms. The number of hydrogen-bond donors (Lipinski definition) is 3. The Labute approximate surface area is 124 Å². The van der Waals surface area contributed by atoms with Crippen LogP contribution in [0, 0.1) is 5.41 Å². The van der Waals surface area contributed by atoms with Crippen LogP contribution >= 0.6 is 0 Å². The predicted octanol–water partition coefficient (Wildman–Crippen LogP) is 1.53. The van der Waals surface area contributed by atoms with Crippen molar-refractivity contribution in [1.82, 2.24) is 10.2 Å². The van der Waals surface area contributed by atoms with Gasteiger partial charge in [0.2, 0.25) is 0 Å². The van der Waals surface area contributed by atoms with Crippen LogP contribution in [0.2, 0.25) is 0 Å². The van der Waals surface area contributed by atoms with E-state index >= 15 is 0 Å². The molecule has 0 bridgehead atoms. The third kappa shape index (κ3) is 4.61. The zero-order valence-electron chi connectivity index (χ0n) is 12.6. The fourth-order valence-electron chi connectivity index (χ4n) is 2.70. The summed E-state index contributed by atoms with van der Waals surface area (Å²) in [5.41, 5.74) is 0.122. The molecule has 0 aromatic carbocycles. The molecule has 2 amide bonds. The van der Waals surface area contributed by atoms with Crippen LogP contribution < -0.4 is 5.32 Å². The third-order valence-electron chi connectivity index (χ3n) is 4.47. The molecular formula is C14H24N2O5. The quantitative estimate of drug-likeness (QED) is 0.661. The fourth-order valence-corrected chi connectivity index (χ4v) is 2.70.